The Kier molecular flexibility index (Phi) is 9.48. The molecule has 2 rings (SSSR count). The summed E-state index contributed by atoms with van der Waals surface area (Å²) < 4.78 is 10.6. The second-order valence-electron chi connectivity index (χ2n) is 3.94. The molecule has 0 aliphatic heterocycles. The second kappa shape index (κ2) is 9.95. The Hall–Kier alpha value is -0.904. The first kappa shape index (κ1) is 18.1. The zero-order valence-corrected chi connectivity index (χ0v) is 13.6. The van der Waals surface area contributed by atoms with Crippen molar-refractivity contribution in [2.24, 2.45) is 0 Å². The fraction of sp³-hybridized carbons (Fsp3) is 0.200. The molecular weight excluding hydrogens is 296 g/mol. The van der Waals surface area contributed by atoms with E-state index in [0.29, 0.717) is 0 Å². The summed E-state index contributed by atoms with van der Waals surface area (Å²) in [6.45, 7) is 2.01. The first-order valence-electron chi connectivity index (χ1n) is 5.88. The van der Waals surface area contributed by atoms with Crippen LogP contribution in [0.5, 0.6) is 0 Å². The van der Waals surface area contributed by atoms with Gasteiger partial charge in [0.25, 0.3) is 0 Å². The van der Waals surface area contributed by atoms with Gasteiger partial charge in [-0.15, -0.1) is 29.5 Å². The zero-order valence-electron chi connectivity index (χ0n) is 11.5. The van der Waals surface area contributed by atoms with Crippen LogP contribution in [0.3, 0.4) is 0 Å². The fourth-order valence-corrected chi connectivity index (χ4v) is 2.22. The van der Waals surface area contributed by atoms with Gasteiger partial charge in [0.1, 0.15) is 0 Å². The standard InChI is InChI=1S/C10H15O2Si.C5H5.Fe/c1-11-13(3,12-2)9-8-10-6-4-5-7-10;1-2-4-5-3-1;/h4-9H,1-3H3;1-5H;/q2*-1;+2/b9-8+;;. The third-order valence-electron chi connectivity index (χ3n) is 2.63. The van der Waals surface area contributed by atoms with Gasteiger partial charge in [0.05, 0.1) is 0 Å². The smallest absolute Gasteiger partial charge is 0.401 e. The van der Waals surface area contributed by atoms with Crippen molar-refractivity contribution in [2.45, 2.75) is 6.55 Å². The number of rotatable bonds is 4. The average Bonchev–Trinajstić information content (AvgIpc) is 3.10. The van der Waals surface area contributed by atoms with Crippen LogP contribution in [0.15, 0.2) is 60.3 Å². The summed E-state index contributed by atoms with van der Waals surface area (Å²) >= 11 is 0. The summed E-state index contributed by atoms with van der Waals surface area (Å²) in [5.41, 5.74) is 3.22. The molecule has 0 saturated heterocycles. The molecule has 0 radical (unpaired) electrons. The summed E-state index contributed by atoms with van der Waals surface area (Å²) in [5.74, 6) is 0. The second-order valence-corrected chi connectivity index (χ2v) is 7.12. The van der Waals surface area contributed by atoms with E-state index in [1.807, 2.05) is 60.8 Å². The molecule has 4 heteroatoms. The molecule has 0 fully saturated rings. The molecule has 2 nitrogen and oxygen atoms in total. The maximum atomic E-state index is 5.32. The number of hydrogen-bond donors (Lipinski definition) is 0. The quantitative estimate of drug-likeness (QED) is 0.632. The average molecular weight is 316 g/mol. The van der Waals surface area contributed by atoms with Crippen LogP contribution < -0.4 is 0 Å². The van der Waals surface area contributed by atoms with Gasteiger partial charge in [-0.05, 0) is 6.55 Å². The van der Waals surface area contributed by atoms with Gasteiger partial charge in [-0.3, -0.25) is 0 Å². The topological polar surface area (TPSA) is 18.5 Å². The molecule has 0 aliphatic rings. The van der Waals surface area contributed by atoms with Crippen LogP contribution >= 0.6 is 0 Å². The van der Waals surface area contributed by atoms with E-state index in [1.165, 1.54) is 5.56 Å². The Bertz CT molecular complexity index is 400. The number of hydrogen-bond acceptors (Lipinski definition) is 2. The van der Waals surface area contributed by atoms with Crippen molar-refractivity contribution in [3.63, 3.8) is 0 Å². The molecule has 0 saturated carbocycles. The molecule has 0 heterocycles. The van der Waals surface area contributed by atoms with Crippen LogP contribution in [0.4, 0.5) is 0 Å². The molecule has 0 bridgehead atoms. The monoisotopic (exact) mass is 316 g/mol. The fourth-order valence-electron chi connectivity index (χ4n) is 1.29. The van der Waals surface area contributed by atoms with E-state index < -0.39 is 8.56 Å². The molecule has 104 valence electrons. The van der Waals surface area contributed by atoms with Crippen LogP contribution in [0.1, 0.15) is 5.56 Å². The normalized spacial score (nSPS) is 10.7. The van der Waals surface area contributed by atoms with E-state index in [9.17, 15) is 0 Å². The molecule has 0 spiro atoms. The van der Waals surface area contributed by atoms with Gasteiger partial charge >= 0.3 is 25.6 Å². The van der Waals surface area contributed by atoms with Crippen molar-refractivity contribution in [3.8, 4) is 0 Å². The molecular formula is C15H20FeO2Si. The minimum Gasteiger partial charge on any atom is -0.401 e. The zero-order chi connectivity index (χ0) is 13.3. The molecule has 2 aromatic rings. The first-order valence-corrected chi connectivity index (χ1v) is 8.27. The molecule has 2 aromatic carbocycles. The van der Waals surface area contributed by atoms with E-state index in [0.717, 1.165) is 0 Å². The Balaban J connectivity index is 0.000000454. The van der Waals surface area contributed by atoms with E-state index in [1.54, 1.807) is 14.2 Å². The van der Waals surface area contributed by atoms with Crippen LogP contribution in [-0.2, 0) is 25.9 Å². The maximum Gasteiger partial charge on any atom is 2.00 e. The van der Waals surface area contributed by atoms with Crippen molar-refractivity contribution in [1.82, 2.24) is 0 Å². The van der Waals surface area contributed by atoms with E-state index >= 15 is 0 Å². The van der Waals surface area contributed by atoms with Crippen molar-refractivity contribution in [3.05, 3.63) is 65.9 Å². The van der Waals surface area contributed by atoms with Crippen LogP contribution in [0.2, 0.25) is 6.55 Å². The summed E-state index contributed by atoms with van der Waals surface area (Å²) in [5, 5.41) is 0. The minimum atomic E-state index is -2.03. The first-order chi connectivity index (χ1) is 8.70. The van der Waals surface area contributed by atoms with Gasteiger partial charge in [0.2, 0.25) is 0 Å². The van der Waals surface area contributed by atoms with Crippen molar-refractivity contribution < 1.29 is 25.9 Å². The van der Waals surface area contributed by atoms with Crippen molar-refractivity contribution in [1.29, 1.82) is 0 Å². The van der Waals surface area contributed by atoms with Crippen LogP contribution in [0.25, 0.3) is 6.08 Å². The predicted octanol–water partition coefficient (Wildman–Crippen LogP) is 3.73. The van der Waals surface area contributed by atoms with E-state index in [-0.39, 0.29) is 17.1 Å². The third kappa shape index (κ3) is 7.30. The third-order valence-corrected chi connectivity index (χ3v) is 5.03. The largest absolute Gasteiger partial charge is 2.00 e. The van der Waals surface area contributed by atoms with Gasteiger partial charge in [0.15, 0.2) is 0 Å². The van der Waals surface area contributed by atoms with Crippen LogP contribution in [0, 0.1) is 0 Å². The Morgan fingerprint density at radius 2 is 1.53 bits per heavy atom. The molecule has 0 aromatic heterocycles. The van der Waals surface area contributed by atoms with E-state index in [4.69, 9.17) is 8.85 Å². The minimum absolute atomic E-state index is 0. The molecule has 0 aliphatic carbocycles. The Morgan fingerprint density at radius 1 is 1.00 bits per heavy atom. The van der Waals surface area contributed by atoms with Gasteiger partial charge < -0.3 is 8.85 Å². The molecule has 19 heavy (non-hydrogen) atoms. The van der Waals surface area contributed by atoms with Gasteiger partial charge in [-0.2, -0.15) is 30.3 Å². The molecule has 0 unspecified atom stereocenters. The summed E-state index contributed by atoms with van der Waals surface area (Å²) in [7, 11) is 1.34. The summed E-state index contributed by atoms with van der Waals surface area (Å²) in [6, 6.07) is 18.1. The van der Waals surface area contributed by atoms with Crippen molar-refractivity contribution in [2.75, 3.05) is 14.2 Å². The SMILES string of the molecule is CO[Si](C)(/C=C/[c-]1cccc1)OC.[Fe+2].c1cc[cH-]c1. The Labute approximate surface area is 127 Å². The summed E-state index contributed by atoms with van der Waals surface area (Å²) in [6.07, 6.45) is 2.04. The predicted molar refractivity (Wildman–Crippen MR) is 78.7 cm³/mol. The van der Waals surface area contributed by atoms with Crippen LogP contribution in [-0.4, -0.2) is 22.8 Å². The van der Waals surface area contributed by atoms with Gasteiger partial charge in [-0.1, -0.05) is 0 Å². The molecule has 0 atom stereocenters. The molecule has 0 amide bonds. The summed E-state index contributed by atoms with van der Waals surface area (Å²) in [4.78, 5) is 0. The maximum absolute atomic E-state index is 5.32. The van der Waals surface area contributed by atoms with Gasteiger partial charge in [0, 0.05) is 14.2 Å². The Morgan fingerprint density at radius 3 is 1.89 bits per heavy atom. The van der Waals surface area contributed by atoms with Crippen molar-refractivity contribution >= 4 is 14.6 Å². The van der Waals surface area contributed by atoms with E-state index in [2.05, 4.69) is 12.1 Å². The molecule has 0 N–H and O–H groups in total. The van der Waals surface area contributed by atoms with Gasteiger partial charge in [-0.25, -0.2) is 12.1 Å².